The van der Waals surface area contributed by atoms with E-state index in [0.29, 0.717) is 24.0 Å². The summed E-state index contributed by atoms with van der Waals surface area (Å²) in [4.78, 5) is 4.54. The van der Waals surface area contributed by atoms with Gasteiger partial charge in [-0.15, -0.1) is 0 Å². The molecule has 0 aromatic carbocycles. The topological polar surface area (TPSA) is 60.2 Å². The second-order valence-electron chi connectivity index (χ2n) is 5.06. The lowest BCUT2D eigenvalue weighted by Crippen LogP contribution is -2.40. The van der Waals surface area contributed by atoms with Crippen LogP contribution in [0.4, 0.5) is 0 Å². The predicted octanol–water partition coefficient (Wildman–Crippen LogP) is 0.791. The highest BCUT2D eigenvalue weighted by Crippen LogP contribution is 2.43. The van der Waals surface area contributed by atoms with Gasteiger partial charge in [-0.2, -0.15) is 4.98 Å². The van der Waals surface area contributed by atoms with Crippen molar-refractivity contribution in [1.29, 1.82) is 0 Å². The Labute approximate surface area is 93.5 Å². The van der Waals surface area contributed by atoms with Crippen LogP contribution in [0, 0.1) is 0 Å². The molecule has 3 aliphatic heterocycles. The fourth-order valence-corrected chi connectivity index (χ4v) is 2.94. The summed E-state index contributed by atoms with van der Waals surface area (Å²) in [7, 11) is 0. The zero-order valence-corrected chi connectivity index (χ0v) is 9.06. The number of hydrogen-bond acceptors (Lipinski definition) is 5. The van der Waals surface area contributed by atoms with Crippen LogP contribution in [0.15, 0.2) is 4.52 Å². The Morgan fingerprint density at radius 3 is 2.81 bits per heavy atom. The van der Waals surface area contributed by atoms with E-state index in [2.05, 4.69) is 15.5 Å². The van der Waals surface area contributed by atoms with Crippen LogP contribution in [0.5, 0.6) is 0 Å². The molecule has 1 N–H and O–H groups in total. The van der Waals surface area contributed by atoms with E-state index in [-0.39, 0.29) is 0 Å². The Hall–Kier alpha value is -0.940. The highest BCUT2D eigenvalue weighted by atomic mass is 16.5. The lowest BCUT2D eigenvalue weighted by Gasteiger charge is -2.22. The number of ether oxygens (including phenoxy) is 1. The maximum absolute atomic E-state index is 5.82. The molecule has 4 heterocycles. The van der Waals surface area contributed by atoms with E-state index in [0.717, 1.165) is 37.6 Å². The van der Waals surface area contributed by atoms with Crippen LogP contribution in [-0.2, 0) is 4.74 Å². The van der Waals surface area contributed by atoms with E-state index in [1.54, 1.807) is 0 Å². The van der Waals surface area contributed by atoms with E-state index < -0.39 is 0 Å². The Morgan fingerprint density at radius 2 is 2.19 bits per heavy atom. The van der Waals surface area contributed by atoms with Crippen molar-refractivity contribution in [3.63, 3.8) is 0 Å². The molecule has 3 aliphatic rings. The van der Waals surface area contributed by atoms with Crippen molar-refractivity contribution in [3.8, 4) is 0 Å². The lowest BCUT2D eigenvalue weighted by molar-refractivity contribution is 0.0996. The number of nitrogens with one attached hydrogen (secondary N) is 1. The minimum Gasteiger partial charge on any atom is -0.374 e. The zero-order chi connectivity index (χ0) is 10.5. The molecular formula is C11H15N3O2. The molecule has 0 amide bonds. The van der Waals surface area contributed by atoms with Crippen LogP contribution in [0.25, 0.3) is 0 Å². The van der Waals surface area contributed by atoms with Gasteiger partial charge in [0.2, 0.25) is 5.89 Å². The van der Waals surface area contributed by atoms with Gasteiger partial charge in [-0.1, -0.05) is 5.16 Å². The molecule has 1 aromatic heterocycles. The van der Waals surface area contributed by atoms with Crippen molar-refractivity contribution >= 4 is 0 Å². The van der Waals surface area contributed by atoms with E-state index in [9.17, 15) is 0 Å². The first-order valence-corrected chi connectivity index (χ1v) is 6.10. The average molecular weight is 221 g/mol. The molecule has 0 saturated carbocycles. The molecule has 0 aliphatic carbocycles. The lowest BCUT2D eigenvalue weighted by atomic mass is 9.89. The summed E-state index contributed by atoms with van der Waals surface area (Å²) in [6.07, 6.45) is 4.23. The number of fused-ring (bicyclic) bond motifs is 2. The molecule has 0 spiro atoms. The third kappa shape index (κ3) is 1.25. The quantitative estimate of drug-likeness (QED) is 0.800. The highest BCUT2D eigenvalue weighted by Gasteiger charge is 2.44. The van der Waals surface area contributed by atoms with Gasteiger partial charge in [0.15, 0.2) is 5.82 Å². The monoisotopic (exact) mass is 221 g/mol. The zero-order valence-electron chi connectivity index (χ0n) is 9.06. The number of rotatable bonds is 2. The number of aromatic nitrogens is 2. The summed E-state index contributed by atoms with van der Waals surface area (Å²) in [5.74, 6) is 2.48. The van der Waals surface area contributed by atoms with E-state index >= 15 is 0 Å². The van der Waals surface area contributed by atoms with Gasteiger partial charge in [0, 0.05) is 13.1 Å². The van der Waals surface area contributed by atoms with Crippen molar-refractivity contribution in [2.45, 2.75) is 43.3 Å². The first-order valence-electron chi connectivity index (χ1n) is 6.10. The average Bonchev–Trinajstić information content (AvgIpc) is 2.88. The van der Waals surface area contributed by atoms with Gasteiger partial charge in [0.25, 0.3) is 0 Å². The van der Waals surface area contributed by atoms with Gasteiger partial charge in [-0.05, 0) is 19.3 Å². The van der Waals surface area contributed by atoms with E-state index in [4.69, 9.17) is 9.26 Å². The third-order valence-corrected chi connectivity index (χ3v) is 4.03. The van der Waals surface area contributed by atoms with Crippen LogP contribution in [-0.4, -0.2) is 35.4 Å². The standard InChI is InChI=1S/C11H15N3O2/c1-2-9-8(3-7(1)15-9)10-13-11(16-14-10)6-4-12-5-6/h6-9,12H,1-5H2. The van der Waals surface area contributed by atoms with Gasteiger partial charge in [-0.25, -0.2) is 0 Å². The van der Waals surface area contributed by atoms with Gasteiger partial charge >= 0.3 is 0 Å². The van der Waals surface area contributed by atoms with E-state index in [1.165, 1.54) is 6.42 Å². The molecular weight excluding hydrogens is 206 g/mol. The van der Waals surface area contributed by atoms with Gasteiger partial charge in [-0.3, -0.25) is 0 Å². The first-order chi connectivity index (χ1) is 7.90. The number of hydrogen-bond donors (Lipinski definition) is 1. The molecule has 16 heavy (non-hydrogen) atoms. The molecule has 3 unspecified atom stereocenters. The van der Waals surface area contributed by atoms with Gasteiger partial charge in [0.1, 0.15) is 0 Å². The second-order valence-corrected chi connectivity index (χ2v) is 5.06. The Morgan fingerprint density at radius 1 is 1.25 bits per heavy atom. The smallest absolute Gasteiger partial charge is 0.232 e. The normalized spacial score (nSPS) is 37.9. The number of nitrogens with zero attached hydrogens (tertiary/aromatic N) is 2. The second kappa shape index (κ2) is 3.28. The summed E-state index contributed by atoms with van der Waals surface area (Å²) in [6.45, 7) is 1.93. The Kier molecular flexibility index (Phi) is 1.87. The molecule has 0 radical (unpaired) electrons. The van der Waals surface area contributed by atoms with Crippen LogP contribution in [0.3, 0.4) is 0 Å². The summed E-state index contributed by atoms with van der Waals surface area (Å²) in [5, 5.41) is 7.34. The van der Waals surface area contributed by atoms with Gasteiger partial charge < -0.3 is 14.6 Å². The van der Waals surface area contributed by atoms with E-state index in [1.807, 2.05) is 0 Å². The van der Waals surface area contributed by atoms with Crippen molar-refractivity contribution < 1.29 is 9.26 Å². The largest absolute Gasteiger partial charge is 0.374 e. The van der Waals surface area contributed by atoms with Gasteiger partial charge in [0.05, 0.1) is 24.0 Å². The minimum atomic E-state index is 0.343. The van der Waals surface area contributed by atoms with Crippen molar-refractivity contribution in [2.24, 2.45) is 0 Å². The molecule has 2 bridgehead atoms. The first kappa shape index (κ1) is 9.13. The maximum Gasteiger partial charge on any atom is 0.232 e. The SMILES string of the molecule is C1CC2OC1CC2c1noc(C2CNC2)n1. The van der Waals surface area contributed by atoms with Crippen molar-refractivity contribution in [2.75, 3.05) is 13.1 Å². The third-order valence-electron chi connectivity index (χ3n) is 4.03. The van der Waals surface area contributed by atoms with Crippen LogP contribution in [0.2, 0.25) is 0 Å². The molecule has 3 saturated heterocycles. The van der Waals surface area contributed by atoms with Crippen molar-refractivity contribution in [1.82, 2.24) is 15.5 Å². The molecule has 3 atom stereocenters. The van der Waals surface area contributed by atoms with Crippen LogP contribution in [0.1, 0.15) is 42.8 Å². The summed E-state index contributed by atoms with van der Waals surface area (Å²) >= 11 is 0. The Bertz CT molecular complexity index is 402. The molecule has 1 aromatic rings. The molecule has 86 valence electrons. The minimum absolute atomic E-state index is 0.343. The van der Waals surface area contributed by atoms with Crippen molar-refractivity contribution in [3.05, 3.63) is 11.7 Å². The molecule has 4 rings (SSSR count). The van der Waals surface area contributed by atoms with Crippen LogP contribution >= 0.6 is 0 Å². The molecule has 5 nitrogen and oxygen atoms in total. The Balaban J connectivity index is 1.56. The summed E-state index contributed by atoms with van der Waals surface area (Å²) in [6, 6.07) is 0. The van der Waals surface area contributed by atoms with Crippen LogP contribution < -0.4 is 5.32 Å². The fourth-order valence-electron chi connectivity index (χ4n) is 2.94. The fraction of sp³-hybridized carbons (Fsp3) is 0.818. The highest BCUT2D eigenvalue weighted by molar-refractivity contribution is 5.09. The molecule has 3 fully saturated rings. The predicted molar refractivity (Wildman–Crippen MR) is 55.2 cm³/mol. The summed E-state index contributed by atoms with van der Waals surface area (Å²) in [5.41, 5.74) is 0. The maximum atomic E-state index is 5.82. The molecule has 5 heteroatoms. The summed E-state index contributed by atoms with van der Waals surface area (Å²) < 4.78 is 11.1.